The van der Waals surface area contributed by atoms with E-state index in [9.17, 15) is 9.59 Å². The number of nitrogens with one attached hydrogen (secondary N) is 1. The molecular formula is C17H16NO2S. The van der Waals surface area contributed by atoms with Crippen LogP contribution in [0.25, 0.3) is 0 Å². The average molecular weight is 298 g/mol. The highest BCUT2D eigenvalue weighted by Crippen LogP contribution is 2.20. The molecule has 0 aliphatic carbocycles. The molecule has 1 aromatic carbocycles. The van der Waals surface area contributed by atoms with Gasteiger partial charge in [0.2, 0.25) is 0 Å². The highest BCUT2D eigenvalue weighted by molar-refractivity contribution is 7.14. The summed E-state index contributed by atoms with van der Waals surface area (Å²) in [6.07, 6.45) is 2.31. The number of amides is 1. The normalized spacial score (nSPS) is 10.1. The van der Waals surface area contributed by atoms with Crippen molar-refractivity contribution in [1.82, 2.24) is 5.32 Å². The van der Waals surface area contributed by atoms with E-state index in [1.165, 1.54) is 11.3 Å². The summed E-state index contributed by atoms with van der Waals surface area (Å²) in [6, 6.07) is 12.2. The Morgan fingerprint density at radius 2 is 2.19 bits per heavy atom. The van der Waals surface area contributed by atoms with Crippen LogP contribution >= 0.6 is 11.3 Å². The predicted octanol–water partition coefficient (Wildman–Crippen LogP) is 3.26. The summed E-state index contributed by atoms with van der Waals surface area (Å²) in [6.45, 7) is 5.58. The van der Waals surface area contributed by atoms with Crippen molar-refractivity contribution in [3.05, 3.63) is 69.9 Å². The lowest BCUT2D eigenvalue weighted by atomic mass is 10.1. The Bertz CT molecular complexity index is 673. The van der Waals surface area contributed by atoms with Crippen molar-refractivity contribution in [1.29, 1.82) is 0 Å². The van der Waals surface area contributed by atoms with Crippen molar-refractivity contribution in [3.8, 4) is 0 Å². The Balaban J connectivity index is 2.11. The van der Waals surface area contributed by atoms with E-state index in [0.717, 1.165) is 15.3 Å². The fraction of sp³-hybridized carbons (Fsp3) is 0.176. The molecule has 4 heteroatoms. The molecule has 2 rings (SSSR count). The molecule has 3 nitrogen and oxygen atoms in total. The van der Waals surface area contributed by atoms with Gasteiger partial charge in [-0.05, 0) is 42.8 Å². The van der Waals surface area contributed by atoms with E-state index in [1.54, 1.807) is 25.1 Å². The van der Waals surface area contributed by atoms with Gasteiger partial charge < -0.3 is 5.32 Å². The van der Waals surface area contributed by atoms with Gasteiger partial charge in [-0.15, -0.1) is 17.9 Å². The minimum atomic E-state index is -0.124. The monoisotopic (exact) mass is 298 g/mol. The number of carbonyl (C=O) groups excluding carboxylic acids is 2. The molecule has 1 heterocycles. The van der Waals surface area contributed by atoms with Crippen molar-refractivity contribution in [2.24, 2.45) is 0 Å². The molecule has 0 unspecified atom stereocenters. The van der Waals surface area contributed by atoms with Crippen LogP contribution in [0.5, 0.6) is 0 Å². The average Bonchev–Trinajstić information content (AvgIpc) is 2.94. The minimum absolute atomic E-state index is 0.0767. The van der Waals surface area contributed by atoms with Gasteiger partial charge in [-0.3, -0.25) is 9.59 Å². The van der Waals surface area contributed by atoms with Gasteiger partial charge in [0.1, 0.15) is 0 Å². The quantitative estimate of drug-likeness (QED) is 0.657. The molecule has 2 aromatic rings. The van der Waals surface area contributed by atoms with Crippen LogP contribution in [-0.2, 0) is 6.42 Å². The molecule has 107 valence electrons. The third-order valence-electron chi connectivity index (χ3n) is 2.90. The second-order valence-electron chi connectivity index (χ2n) is 4.60. The number of thiophene rings is 1. The molecule has 0 saturated heterocycles. The van der Waals surface area contributed by atoms with Crippen LogP contribution in [0.4, 0.5) is 0 Å². The highest BCUT2D eigenvalue weighted by atomic mass is 32.1. The molecular weight excluding hydrogens is 282 g/mol. The summed E-state index contributed by atoms with van der Waals surface area (Å²) in [7, 11) is 0. The zero-order chi connectivity index (χ0) is 15.2. The Labute approximate surface area is 128 Å². The summed E-state index contributed by atoms with van der Waals surface area (Å²) < 4.78 is 0. The molecule has 1 aromatic heterocycles. The highest BCUT2D eigenvalue weighted by Gasteiger charge is 2.08. The van der Waals surface area contributed by atoms with Gasteiger partial charge in [0, 0.05) is 23.4 Å². The number of ketones is 1. The van der Waals surface area contributed by atoms with Crippen LogP contribution in [-0.4, -0.2) is 18.2 Å². The van der Waals surface area contributed by atoms with Crippen molar-refractivity contribution >= 4 is 23.0 Å². The van der Waals surface area contributed by atoms with E-state index in [2.05, 4.69) is 18.0 Å². The second-order valence-corrected chi connectivity index (χ2v) is 5.77. The van der Waals surface area contributed by atoms with Gasteiger partial charge in [0.05, 0.1) is 4.88 Å². The van der Waals surface area contributed by atoms with Crippen molar-refractivity contribution < 1.29 is 9.59 Å². The molecule has 0 atom stereocenters. The van der Waals surface area contributed by atoms with Crippen LogP contribution in [0.15, 0.2) is 43.0 Å². The molecule has 0 aliphatic heterocycles. The van der Waals surface area contributed by atoms with Crippen LogP contribution in [0.2, 0.25) is 0 Å². The lowest BCUT2D eigenvalue weighted by molar-refractivity contribution is 0.0957. The Morgan fingerprint density at radius 1 is 1.38 bits per heavy atom. The number of hydrogen-bond acceptors (Lipinski definition) is 3. The van der Waals surface area contributed by atoms with E-state index in [1.807, 2.05) is 18.2 Å². The van der Waals surface area contributed by atoms with E-state index < -0.39 is 0 Å². The van der Waals surface area contributed by atoms with Gasteiger partial charge >= 0.3 is 0 Å². The molecule has 1 radical (unpaired) electrons. The first-order valence-electron chi connectivity index (χ1n) is 6.59. The van der Waals surface area contributed by atoms with Crippen LogP contribution in [0.1, 0.15) is 37.4 Å². The molecule has 0 saturated carbocycles. The van der Waals surface area contributed by atoms with Gasteiger partial charge in [-0.25, -0.2) is 0 Å². The number of rotatable bonds is 6. The summed E-state index contributed by atoms with van der Waals surface area (Å²) in [5.41, 5.74) is 1.53. The lowest BCUT2D eigenvalue weighted by Crippen LogP contribution is -2.23. The maximum atomic E-state index is 11.9. The Morgan fingerprint density at radius 3 is 2.86 bits per heavy atom. The zero-order valence-electron chi connectivity index (χ0n) is 11.8. The van der Waals surface area contributed by atoms with E-state index >= 15 is 0 Å². The third kappa shape index (κ3) is 4.13. The van der Waals surface area contributed by atoms with Crippen LogP contribution in [0.3, 0.4) is 0 Å². The summed E-state index contributed by atoms with van der Waals surface area (Å²) in [5, 5.41) is 2.75. The predicted molar refractivity (Wildman–Crippen MR) is 84.9 cm³/mol. The first kappa shape index (κ1) is 15.2. The van der Waals surface area contributed by atoms with E-state index in [4.69, 9.17) is 0 Å². The van der Waals surface area contributed by atoms with Crippen molar-refractivity contribution in [2.45, 2.75) is 13.3 Å². The molecule has 1 amide bonds. The summed E-state index contributed by atoms with van der Waals surface area (Å²) >= 11 is 1.48. The van der Waals surface area contributed by atoms with Crippen LogP contribution in [0, 0.1) is 6.07 Å². The first-order chi connectivity index (χ1) is 10.1. The van der Waals surface area contributed by atoms with Crippen LogP contribution < -0.4 is 5.32 Å². The standard InChI is InChI=1S/C17H16NO2S/c1-3-9-18-17(20)14-6-4-5-13(10-14)11-15-7-8-16(21-15)12(2)19/h3-4,6-8,10H,1,9,11H2,2H3,(H,18,20). The maximum Gasteiger partial charge on any atom is 0.251 e. The lowest BCUT2D eigenvalue weighted by Gasteiger charge is -2.04. The Kier molecular flexibility index (Phi) is 5.06. The fourth-order valence-electron chi connectivity index (χ4n) is 1.88. The molecule has 0 aliphatic rings. The first-order valence-corrected chi connectivity index (χ1v) is 7.41. The number of carbonyl (C=O) groups is 2. The van der Waals surface area contributed by atoms with Gasteiger partial charge in [0.15, 0.2) is 5.78 Å². The molecule has 0 spiro atoms. The van der Waals surface area contributed by atoms with E-state index in [-0.39, 0.29) is 11.7 Å². The van der Waals surface area contributed by atoms with Crippen molar-refractivity contribution in [2.75, 3.05) is 6.54 Å². The van der Waals surface area contributed by atoms with Gasteiger partial charge in [-0.2, -0.15) is 0 Å². The number of Topliss-reactive ketones (excluding diaryl/α,β-unsaturated/α-hetero) is 1. The minimum Gasteiger partial charge on any atom is -0.349 e. The van der Waals surface area contributed by atoms with E-state index in [0.29, 0.717) is 18.5 Å². The largest absolute Gasteiger partial charge is 0.349 e. The summed E-state index contributed by atoms with van der Waals surface area (Å²) in [5.74, 6) is -0.0477. The smallest absolute Gasteiger partial charge is 0.251 e. The number of benzene rings is 1. The summed E-state index contributed by atoms with van der Waals surface area (Å²) in [4.78, 5) is 25.0. The second kappa shape index (κ2) is 6.99. The van der Waals surface area contributed by atoms with Gasteiger partial charge in [-0.1, -0.05) is 12.1 Å². The Hall–Kier alpha value is -2.20. The topological polar surface area (TPSA) is 46.2 Å². The molecule has 0 fully saturated rings. The maximum absolute atomic E-state index is 11.9. The fourth-order valence-corrected chi connectivity index (χ4v) is 2.80. The van der Waals surface area contributed by atoms with Crippen molar-refractivity contribution in [3.63, 3.8) is 0 Å². The molecule has 21 heavy (non-hydrogen) atoms. The third-order valence-corrected chi connectivity index (χ3v) is 4.09. The number of hydrogen-bond donors (Lipinski definition) is 1. The van der Waals surface area contributed by atoms with Gasteiger partial charge in [0.25, 0.3) is 5.91 Å². The zero-order valence-corrected chi connectivity index (χ0v) is 12.6. The molecule has 1 N–H and O–H groups in total. The molecule has 0 bridgehead atoms. The SMILES string of the molecule is C=CCNC(=O)c1cc[c]c(Cc2ccc(C(C)=O)s2)c1.